The van der Waals surface area contributed by atoms with E-state index in [1.807, 2.05) is 0 Å². The molecule has 0 unspecified atom stereocenters. The zero-order chi connectivity index (χ0) is 11.6. The second-order valence-electron chi connectivity index (χ2n) is 6.10. The second-order valence-corrected chi connectivity index (χ2v) is 6.10. The third kappa shape index (κ3) is 1.91. The summed E-state index contributed by atoms with van der Waals surface area (Å²) in [5, 5.41) is 10.8. The van der Waals surface area contributed by atoms with E-state index in [0.29, 0.717) is 6.54 Å². The number of rotatable bonds is 4. The summed E-state index contributed by atoms with van der Waals surface area (Å²) in [6, 6.07) is 0. The van der Waals surface area contributed by atoms with E-state index < -0.39 is 5.60 Å². The van der Waals surface area contributed by atoms with Gasteiger partial charge in [-0.3, -0.25) is 0 Å². The molecule has 0 aromatic carbocycles. The van der Waals surface area contributed by atoms with Gasteiger partial charge in [-0.05, 0) is 44.4 Å². The zero-order valence-electron chi connectivity index (χ0n) is 10.7. The fraction of sp³-hybridized carbons (Fsp3) is 1.00. The molecule has 0 radical (unpaired) electrons. The molecular formula is C14H27NO. The van der Waals surface area contributed by atoms with Gasteiger partial charge in [-0.25, -0.2) is 0 Å². The molecule has 2 nitrogen and oxygen atoms in total. The van der Waals surface area contributed by atoms with Crippen LogP contribution in [0.5, 0.6) is 0 Å². The molecule has 2 heteroatoms. The largest absolute Gasteiger partial charge is 0.389 e. The molecule has 2 fully saturated rings. The van der Waals surface area contributed by atoms with Crippen LogP contribution in [0.25, 0.3) is 0 Å². The van der Waals surface area contributed by atoms with Gasteiger partial charge in [0.25, 0.3) is 0 Å². The SMILES string of the molecule is CCCC1CCC(O)(C2(CN)CCC2)CC1. The molecule has 0 saturated heterocycles. The highest BCUT2D eigenvalue weighted by atomic mass is 16.3. The van der Waals surface area contributed by atoms with Crippen molar-refractivity contribution in [3.8, 4) is 0 Å². The first kappa shape index (κ1) is 12.4. The van der Waals surface area contributed by atoms with E-state index in [1.54, 1.807) is 0 Å². The van der Waals surface area contributed by atoms with Crippen LogP contribution in [-0.4, -0.2) is 17.3 Å². The number of aliphatic hydroxyl groups is 1. The van der Waals surface area contributed by atoms with Crippen LogP contribution in [0.15, 0.2) is 0 Å². The minimum absolute atomic E-state index is 0.0875. The Morgan fingerprint density at radius 3 is 2.19 bits per heavy atom. The molecule has 94 valence electrons. The lowest BCUT2D eigenvalue weighted by Crippen LogP contribution is -2.57. The predicted octanol–water partition coefficient (Wildman–Crippen LogP) is 2.84. The average Bonchev–Trinajstić information content (AvgIpc) is 2.21. The summed E-state index contributed by atoms with van der Waals surface area (Å²) in [6.07, 6.45) is 10.6. The maximum Gasteiger partial charge on any atom is 0.0716 e. The van der Waals surface area contributed by atoms with Crippen molar-refractivity contribution in [2.24, 2.45) is 17.1 Å². The molecular weight excluding hydrogens is 198 g/mol. The van der Waals surface area contributed by atoms with Gasteiger partial charge in [-0.2, -0.15) is 0 Å². The van der Waals surface area contributed by atoms with Crippen molar-refractivity contribution in [1.82, 2.24) is 0 Å². The summed E-state index contributed by atoms with van der Waals surface area (Å²) in [5.74, 6) is 0.861. The van der Waals surface area contributed by atoms with Crippen molar-refractivity contribution in [1.29, 1.82) is 0 Å². The fourth-order valence-corrected chi connectivity index (χ4v) is 3.85. The topological polar surface area (TPSA) is 46.2 Å². The van der Waals surface area contributed by atoms with E-state index in [2.05, 4.69) is 6.92 Å². The molecule has 0 bridgehead atoms. The summed E-state index contributed by atoms with van der Waals surface area (Å²) in [7, 11) is 0. The van der Waals surface area contributed by atoms with E-state index in [9.17, 15) is 5.11 Å². The number of hydrogen-bond donors (Lipinski definition) is 2. The maximum absolute atomic E-state index is 10.8. The van der Waals surface area contributed by atoms with Gasteiger partial charge in [0, 0.05) is 12.0 Å². The quantitative estimate of drug-likeness (QED) is 0.773. The molecule has 2 aliphatic rings. The Hall–Kier alpha value is -0.0800. The average molecular weight is 225 g/mol. The monoisotopic (exact) mass is 225 g/mol. The van der Waals surface area contributed by atoms with Crippen LogP contribution in [0, 0.1) is 11.3 Å². The van der Waals surface area contributed by atoms with Crippen LogP contribution in [0.3, 0.4) is 0 Å². The smallest absolute Gasteiger partial charge is 0.0716 e. The van der Waals surface area contributed by atoms with Gasteiger partial charge < -0.3 is 10.8 Å². The van der Waals surface area contributed by atoms with Gasteiger partial charge in [0.2, 0.25) is 0 Å². The summed E-state index contributed by atoms with van der Waals surface area (Å²) in [6.45, 7) is 2.94. The second kappa shape index (κ2) is 4.66. The first-order chi connectivity index (χ1) is 7.66. The molecule has 2 aliphatic carbocycles. The Bertz CT molecular complexity index is 221. The van der Waals surface area contributed by atoms with Crippen molar-refractivity contribution in [3.63, 3.8) is 0 Å². The maximum atomic E-state index is 10.8. The summed E-state index contributed by atoms with van der Waals surface area (Å²) < 4.78 is 0. The lowest BCUT2D eigenvalue weighted by atomic mass is 9.54. The van der Waals surface area contributed by atoms with Crippen molar-refractivity contribution in [2.75, 3.05) is 6.54 Å². The van der Waals surface area contributed by atoms with Gasteiger partial charge >= 0.3 is 0 Å². The first-order valence-electron chi connectivity index (χ1n) is 7.08. The van der Waals surface area contributed by atoms with Crippen LogP contribution in [0.1, 0.15) is 64.7 Å². The third-order valence-electron chi connectivity index (χ3n) is 5.32. The molecule has 0 heterocycles. The molecule has 16 heavy (non-hydrogen) atoms. The van der Waals surface area contributed by atoms with Crippen molar-refractivity contribution in [2.45, 2.75) is 70.3 Å². The highest BCUT2D eigenvalue weighted by Crippen LogP contribution is 2.54. The molecule has 2 rings (SSSR count). The van der Waals surface area contributed by atoms with Crippen molar-refractivity contribution in [3.05, 3.63) is 0 Å². The van der Waals surface area contributed by atoms with Crippen LogP contribution >= 0.6 is 0 Å². The lowest BCUT2D eigenvalue weighted by molar-refractivity contribution is -0.148. The van der Waals surface area contributed by atoms with E-state index in [0.717, 1.165) is 31.6 Å². The Morgan fingerprint density at radius 1 is 1.19 bits per heavy atom. The standard InChI is InChI=1S/C14H27NO/c1-2-4-12-5-9-14(16,10-6-12)13(11-15)7-3-8-13/h12,16H,2-11,15H2,1H3. The Labute approximate surface area is 99.6 Å². The fourth-order valence-electron chi connectivity index (χ4n) is 3.85. The van der Waals surface area contributed by atoms with Gasteiger partial charge in [0.05, 0.1) is 5.60 Å². The molecule has 0 atom stereocenters. The van der Waals surface area contributed by atoms with Gasteiger partial charge in [-0.1, -0.05) is 26.2 Å². The molecule has 3 N–H and O–H groups in total. The van der Waals surface area contributed by atoms with Crippen LogP contribution < -0.4 is 5.73 Å². The summed E-state index contributed by atoms with van der Waals surface area (Å²) in [5.41, 5.74) is 5.58. The van der Waals surface area contributed by atoms with Gasteiger partial charge in [0.15, 0.2) is 0 Å². The highest BCUT2D eigenvalue weighted by Gasteiger charge is 2.53. The Morgan fingerprint density at radius 2 is 1.81 bits per heavy atom. The minimum Gasteiger partial charge on any atom is -0.389 e. The molecule has 0 aromatic heterocycles. The number of hydrogen-bond acceptors (Lipinski definition) is 2. The zero-order valence-corrected chi connectivity index (χ0v) is 10.7. The van der Waals surface area contributed by atoms with Crippen molar-refractivity contribution < 1.29 is 5.11 Å². The first-order valence-corrected chi connectivity index (χ1v) is 7.08. The van der Waals surface area contributed by atoms with Crippen LogP contribution in [0.2, 0.25) is 0 Å². The van der Waals surface area contributed by atoms with E-state index in [-0.39, 0.29) is 5.41 Å². The normalized spacial score (nSPS) is 38.1. The summed E-state index contributed by atoms with van der Waals surface area (Å²) >= 11 is 0. The molecule has 0 aliphatic heterocycles. The van der Waals surface area contributed by atoms with Crippen molar-refractivity contribution >= 4 is 0 Å². The Balaban J connectivity index is 1.95. The van der Waals surface area contributed by atoms with Crippen LogP contribution in [-0.2, 0) is 0 Å². The molecule has 0 spiro atoms. The Kier molecular flexibility index (Phi) is 3.60. The molecule has 0 aromatic rings. The molecule has 0 amide bonds. The lowest BCUT2D eigenvalue weighted by Gasteiger charge is -2.55. The van der Waals surface area contributed by atoms with E-state index in [4.69, 9.17) is 5.73 Å². The van der Waals surface area contributed by atoms with Gasteiger partial charge in [-0.15, -0.1) is 0 Å². The van der Waals surface area contributed by atoms with E-state index >= 15 is 0 Å². The summed E-state index contributed by atoms with van der Waals surface area (Å²) in [4.78, 5) is 0. The third-order valence-corrected chi connectivity index (χ3v) is 5.32. The minimum atomic E-state index is -0.426. The predicted molar refractivity (Wildman–Crippen MR) is 67.2 cm³/mol. The molecule has 2 saturated carbocycles. The van der Waals surface area contributed by atoms with E-state index in [1.165, 1.54) is 32.1 Å². The highest BCUT2D eigenvalue weighted by molar-refractivity contribution is 5.06. The number of nitrogens with two attached hydrogens (primary N) is 1. The van der Waals surface area contributed by atoms with Crippen LogP contribution in [0.4, 0.5) is 0 Å². The van der Waals surface area contributed by atoms with Gasteiger partial charge in [0.1, 0.15) is 0 Å².